The number of hydrogen-bond acceptors (Lipinski definition) is 6. The first kappa shape index (κ1) is 16.3. The average Bonchev–Trinajstić information content (AvgIpc) is 3.34. The molecule has 8 heteroatoms. The van der Waals surface area contributed by atoms with Gasteiger partial charge in [0, 0.05) is 31.4 Å². The molecule has 0 atom stereocenters. The zero-order chi connectivity index (χ0) is 17.3. The summed E-state index contributed by atoms with van der Waals surface area (Å²) in [6, 6.07) is 1.89. The third-order valence-electron chi connectivity index (χ3n) is 5.45. The van der Waals surface area contributed by atoms with Crippen molar-refractivity contribution in [1.82, 2.24) is 30.1 Å². The Morgan fingerprint density at radius 1 is 1.32 bits per heavy atom. The molecule has 2 aromatic rings. The van der Waals surface area contributed by atoms with E-state index < -0.39 is 5.54 Å². The smallest absolute Gasteiger partial charge is 0.250 e. The molecule has 0 aromatic carbocycles. The second kappa shape index (κ2) is 6.59. The summed E-state index contributed by atoms with van der Waals surface area (Å²) >= 11 is 0. The van der Waals surface area contributed by atoms with E-state index in [9.17, 15) is 4.79 Å². The number of rotatable bonds is 3. The fourth-order valence-corrected chi connectivity index (χ4v) is 4.01. The molecule has 2 aliphatic rings. The number of aryl methyl sites for hydroxylation is 1. The Morgan fingerprint density at radius 2 is 2.08 bits per heavy atom. The summed E-state index contributed by atoms with van der Waals surface area (Å²) in [5.41, 5.74) is -0.553. The molecule has 0 saturated carbocycles. The highest BCUT2D eigenvalue weighted by molar-refractivity contribution is 5.84. The number of carbonyl (C=O) groups excluding carboxylic acids is 1. The van der Waals surface area contributed by atoms with Crippen LogP contribution in [0.15, 0.2) is 23.0 Å². The van der Waals surface area contributed by atoms with Gasteiger partial charge in [0.2, 0.25) is 5.89 Å². The maximum atomic E-state index is 13.4. The van der Waals surface area contributed by atoms with Crippen molar-refractivity contribution < 1.29 is 9.32 Å². The molecule has 2 fully saturated rings. The lowest BCUT2D eigenvalue weighted by atomic mass is 9.85. The van der Waals surface area contributed by atoms with E-state index in [-0.39, 0.29) is 11.8 Å². The van der Waals surface area contributed by atoms with E-state index in [1.165, 1.54) is 0 Å². The van der Waals surface area contributed by atoms with Crippen LogP contribution in [0.2, 0.25) is 0 Å². The summed E-state index contributed by atoms with van der Waals surface area (Å²) in [6.45, 7) is 4.95. The molecule has 0 spiro atoms. The van der Waals surface area contributed by atoms with Gasteiger partial charge in [0.25, 0.3) is 5.91 Å². The van der Waals surface area contributed by atoms with Gasteiger partial charge in [-0.1, -0.05) is 5.16 Å². The molecule has 0 aliphatic carbocycles. The zero-order valence-corrected chi connectivity index (χ0v) is 14.5. The van der Waals surface area contributed by atoms with Crippen LogP contribution in [-0.2, 0) is 10.3 Å². The van der Waals surface area contributed by atoms with E-state index >= 15 is 0 Å². The van der Waals surface area contributed by atoms with E-state index in [1.807, 2.05) is 28.8 Å². The van der Waals surface area contributed by atoms with Crippen molar-refractivity contribution in [3.8, 4) is 0 Å². The molecule has 4 rings (SSSR count). The number of nitrogens with one attached hydrogen (secondary N) is 1. The molecule has 25 heavy (non-hydrogen) atoms. The molecule has 2 aromatic heterocycles. The molecule has 0 radical (unpaired) electrons. The van der Waals surface area contributed by atoms with Crippen LogP contribution in [0.5, 0.6) is 0 Å². The van der Waals surface area contributed by atoms with Crippen LogP contribution < -0.4 is 5.32 Å². The van der Waals surface area contributed by atoms with Crippen LogP contribution >= 0.6 is 0 Å². The van der Waals surface area contributed by atoms with Gasteiger partial charge >= 0.3 is 0 Å². The molecule has 134 valence electrons. The van der Waals surface area contributed by atoms with Gasteiger partial charge in [-0.3, -0.25) is 9.48 Å². The lowest BCUT2D eigenvalue weighted by Gasteiger charge is -2.42. The number of aromatic nitrogens is 4. The number of carbonyl (C=O) groups is 1. The van der Waals surface area contributed by atoms with Gasteiger partial charge in [0.05, 0.1) is 0 Å². The second-order valence-electron chi connectivity index (χ2n) is 6.98. The highest BCUT2D eigenvalue weighted by Gasteiger charge is 2.45. The van der Waals surface area contributed by atoms with E-state index in [0.717, 1.165) is 51.9 Å². The van der Waals surface area contributed by atoms with E-state index in [0.29, 0.717) is 11.7 Å². The van der Waals surface area contributed by atoms with Gasteiger partial charge in [-0.15, -0.1) is 0 Å². The Morgan fingerprint density at radius 3 is 2.68 bits per heavy atom. The summed E-state index contributed by atoms with van der Waals surface area (Å²) in [5.74, 6) is 1.81. The van der Waals surface area contributed by atoms with Crippen molar-refractivity contribution in [3.05, 3.63) is 30.2 Å². The van der Waals surface area contributed by atoms with Crippen LogP contribution in [0.1, 0.15) is 43.3 Å². The molecule has 1 N–H and O–H groups in total. The highest BCUT2D eigenvalue weighted by Crippen LogP contribution is 2.33. The van der Waals surface area contributed by atoms with Gasteiger partial charge < -0.3 is 14.7 Å². The Balaban J connectivity index is 1.48. The van der Waals surface area contributed by atoms with Crippen LogP contribution in [-0.4, -0.2) is 56.9 Å². The third kappa shape index (κ3) is 2.95. The summed E-state index contributed by atoms with van der Waals surface area (Å²) in [5, 5.41) is 11.6. The SMILES string of the molecule is Cc1noc(C2CCN(C(=O)C3(n4cccn4)CCNCC3)CC2)n1. The first-order valence-electron chi connectivity index (χ1n) is 8.99. The number of piperidine rings is 2. The third-order valence-corrected chi connectivity index (χ3v) is 5.45. The van der Waals surface area contributed by atoms with Crippen molar-refractivity contribution in [1.29, 1.82) is 0 Å². The summed E-state index contributed by atoms with van der Waals surface area (Å²) < 4.78 is 7.17. The van der Waals surface area contributed by atoms with Crippen LogP contribution in [0, 0.1) is 6.92 Å². The Bertz CT molecular complexity index is 711. The van der Waals surface area contributed by atoms with Crippen molar-refractivity contribution >= 4 is 5.91 Å². The van der Waals surface area contributed by atoms with E-state index in [1.54, 1.807) is 6.20 Å². The van der Waals surface area contributed by atoms with Crippen molar-refractivity contribution in [2.75, 3.05) is 26.2 Å². The maximum absolute atomic E-state index is 13.4. The highest BCUT2D eigenvalue weighted by atomic mass is 16.5. The van der Waals surface area contributed by atoms with Crippen molar-refractivity contribution in [2.24, 2.45) is 0 Å². The van der Waals surface area contributed by atoms with Gasteiger partial charge in [-0.05, 0) is 51.8 Å². The van der Waals surface area contributed by atoms with Gasteiger partial charge in [-0.2, -0.15) is 10.1 Å². The van der Waals surface area contributed by atoms with Gasteiger partial charge in [0.15, 0.2) is 5.82 Å². The average molecular weight is 344 g/mol. The quantitative estimate of drug-likeness (QED) is 0.895. The molecule has 0 unspecified atom stereocenters. The Kier molecular flexibility index (Phi) is 4.29. The first-order valence-corrected chi connectivity index (χ1v) is 8.99. The molecule has 2 saturated heterocycles. The van der Waals surface area contributed by atoms with E-state index in [2.05, 4.69) is 20.6 Å². The molecular formula is C17H24N6O2. The predicted molar refractivity (Wildman–Crippen MR) is 89.9 cm³/mol. The topological polar surface area (TPSA) is 89.1 Å². The standard InChI is InChI=1S/C17H24N6O2/c1-13-20-15(25-21-13)14-3-11-22(12-4-14)16(24)17(5-8-18-9-6-17)23-10-2-7-19-23/h2,7,10,14,18H,3-6,8-9,11-12H2,1H3. The Hall–Kier alpha value is -2.22. The molecule has 4 heterocycles. The molecule has 8 nitrogen and oxygen atoms in total. The largest absolute Gasteiger partial charge is 0.341 e. The normalized spacial score (nSPS) is 21.4. The van der Waals surface area contributed by atoms with Crippen molar-refractivity contribution in [3.63, 3.8) is 0 Å². The first-order chi connectivity index (χ1) is 12.2. The van der Waals surface area contributed by atoms with Gasteiger partial charge in [-0.25, -0.2) is 0 Å². The lowest BCUT2D eigenvalue weighted by Crippen LogP contribution is -2.56. The minimum atomic E-state index is -0.553. The number of amides is 1. The maximum Gasteiger partial charge on any atom is 0.250 e. The Labute approximate surface area is 146 Å². The van der Waals surface area contributed by atoms with E-state index in [4.69, 9.17) is 4.52 Å². The van der Waals surface area contributed by atoms with Crippen LogP contribution in [0.3, 0.4) is 0 Å². The number of nitrogens with zero attached hydrogens (tertiary/aromatic N) is 5. The van der Waals surface area contributed by atoms with Gasteiger partial charge in [0.1, 0.15) is 5.54 Å². The summed E-state index contributed by atoms with van der Waals surface area (Å²) in [7, 11) is 0. The fourth-order valence-electron chi connectivity index (χ4n) is 4.01. The van der Waals surface area contributed by atoms with Crippen LogP contribution in [0.4, 0.5) is 0 Å². The second-order valence-corrected chi connectivity index (χ2v) is 6.98. The monoisotopic (exact) mass is 344 g/mol. The predicted octanol–water partition coefficient (Wildman–Crippen LogP) is 1.06. The number of hydrogen-bond donors (Lipinski definition) is 1. The lowest BCUT2D eigenvalue weighted by molar-refractivity contribution is -0.144. The molecule has 0 bridgehead atoms. The van der Waals surface area contributed by atoms with Crippen LogP contribution in [0.25, 0.3) is 0 Å². The fraction of sp³-hybridized carbons (Fsp3) is 0.647. The molecular weight excluding hydrogens is 320 g/mol. The summed E-state index contributed by atoms with van der Waals surface area (Å²) in [6.07, 6.45) is 6.94. The molecule has 2 aliphatic heterocycles. The minimum Gasteiger partial charge on any atom is -0.341 e. The number of likely N-dealkylation sites (tertiary alicyclic amines) is 1. The summed E-state index contributed by atoms with van der Waals surface area (Å²) in [4.78, 5) is 19.7. The molecule has 1 amide bonds. The zero-order valence-electron chi connectivity index (χ0n) is 14.5. The minimum absolute atomic E-state index is 0.192. The van der Waals surface area contributed by atoms with Crippen molar-refractivity contribution in [2.45, 2.75) is 44.1 Å².